The Kier molecular flexibility index (Phi) is 9.01. The molecule has 2 nitrogen and oxygen atoms in total. The van der Waals surface area contributed by atoms with E-state index in [9.17, 15) is 0 Å². The van der Waals surface area contributed by atoms with Gasteiger partial charge in [-0.15, -0.1) is 24.8 Å². The fourth-order valence-corrected chi connectivity index (χ4v) is 2.68. The normalized spacial score (nSPS) is 17.4. The molecule has 104 valence electrons. The van der Waals surface area contributed by atoms with Gasteiger partial charge in [-0.2, -0.15) is 0 Å². The molecule has 0 radical (unpaired) electrons. The van der Waals surface area contributed by atoms with Gasteiger partial charge in [0, 0.05) is 37.2 Å². The van der Waals surface area contributed by atoms with Crippen molar-refractivity contribution in [3.8, 4) is 0 Å². The molecule has 0 aromatic heterocycles. The van der Waals surface area contributed by atoms with E-state index < -0.39 is 0 Å². The summed E-state index contributed by atoms with van der Waals surface area (Å²) in [6.07, 6.45) is 1.11. The van der Waals surface area contributed by atoms with Gasteiger partial charge in [0.2, 0.25) is 0 Å². The smallest absolute Gasteiger partial charge is 0.0453 e. The maximum atomic E-state index is 6.27. The molecule has 1 aromatic carbocycles. The largest absolute Gasteiger partial charge is 0.314 e. The minimum absolute atomic E-state index is 0. The summed E-state index contributed by atoms with van der Waals surface area (Å²) in [5, 5.41) is 4.28. The standard InChI is InChI=1S/C13H19ClN2.2ClH/c1-2-13(16-9-7-15-8-10-16)11-5-3-4-6-12(11)14;;/h3-6,13,15H,2,7-10H2,1H3;2*1H/t13-;;/m0../s1. The average Bonchev–Trinajstić information content (AvgIpc) is 2.34. The van der Waals surface area contributed by atoms with E-state index in [2.05, 4.69) is 29.3 Å². The first-order chi connectivity index (χ1) is 7.83. The molecule has 1 aromatic rings. The van der Waals surface area contributed by atoms with Crippen LogP contribution >= 0.6 is 36.4 Å². The van der Waals surface area contributed by atoms with Crippen LogP contribution in [-0.4, -0.2) is 31.1 Å². The van der Waals surface area contributed by atoms with Gasteiger partial charge in [0.05, 0.1) is 0 Å². The van der Waals surface area contributed by atoms with Crippen LogP contribution in [0, 0.1) is 0 Å². The van der Waals surface area contributed by atoms with Crippen molar-refractivity contribution in [2.45, 2.75) is 19.4 Å². The molecule has 2 rings (SSSR count). The summed E-state index contributed by atoms with van der Waals surface area (Å²) >= 11 is 6.27. The maximum Gasteiger partial charge on any atom is 0.0453 e. The average molecular weight is 312 g/mol. The number of rotatable bonds is 3. The quantitative estimate of drug-likeness (QED) is 0.918. The Morgan fingerprint density at radius 2 is 1.83 bits per heavy atom. The van der Waals surface area contributed by atoms with E-state index in [4.69, 9.17) is 11.6 Å². The van der Waals surface area contributed by atoms with Gasteiger partial charge in [0.15, 0.2) is 0 Å². The van der Waals surface area contributed by atoms with Crippen molar-refractivity contribution in [1.82, 2.24) is 10.2 Å². The second kappa shape index (κ2) is 9.00. The molecule has 0 amide bonds. The van der Waals surface area contributed by atoms with Gasteiger partial charge in [-0.05, 0) is 18.1 Å². The second-order valence-electron chi connectivity index (χ2n) is 4.23. The van der Waals surface area contributed by atoms with Crippen LogP contribution in [0.1, 0.15) is 24.9 Å². The Morgan fingerprint density at radius 1 is 1.22 bits per heavy atom. The van der Waals surface area contributed by atoms with Gasteiger partial charge < -0.3 is 5.32 Å². The molecule has 1 aliphatic heterocycles. The van der Waals surface area contributed by atoms with Crippen LogP contribution in [0.3, 0.4) is 0 Å². The zero-order chi connectivity index (χ0) is 11.4. The molecule has 1 N–H and O–H groups in total. The van der Waals surface area contributed by atoms with Crippen LogP contribution in [0.25, 0.3) is 0 Å². The highest BCUT2D eigenvalue weighted by molar-refractivity contribution is 6.31. The van der Waals surface area contributed by atoms with Gasteiger partial charge in [0.1, 0.15) is 0 Å². The van der Waals surface area contributed by atoms with E-state index >= 15 is 0 Å². The number of benzene rings is 1. The first-order valence-electron chi connectivity index (χ1n) is 6.02. The molecule has 18 heavy (non-hydrogen) atoms. The van der Waals surface area contributed by atoms with Gasteiger partial charge in [-0.25, -0.2) is 0 Å². The third kappa shape index (κ3) is 4.29. The lowest BCUT2D eigenvalue weighted by atomic mass is 10.0. The SMILES string of the molecule is CC[C@@H](c1ccccc1Cl)N1CCNCC1.Cl.Cl. The molecule has 1 heterocycles. The Balaban J connectivity index is 0.00000144. The summed E-state index contributed by atoms with van der Waals surface area (Å²) in [6.45, 7) is 6.63. The number of hydrogen-bond acceptors (Lipinski definition) is 2. The predicted molar refractivity (Wildman–Crippen MR) is 83.4 cm³/mol. The molecular formula is C13H21Cl3N2. The lowest BCUT2D eigenvalue weighted by Gasteiger charge is -2.35. The molecule has 0 unspecified atom stereocenters. The lowest BCUT2D eigenvalue weighted by Crippen LogP contribution is -2.45. The molecule has 0 spiro atoms. The van der Waals surface area contributed by atoms with Crippen molar-refractivity contribution in [2.24, 2.45) is 0 Å². The van der Waals surface area contributed by atoms with Crippen molar-refractivity contribution in [2.75, 3.05) is 26.2 Å². The Labute approximate surface area is 127 Å². The van der Waals surface area contributed by atoms with E-state index in [1.165, 1.54) is 5.56 Å². The van der Waals surface area contributed by atoms with Crippen molar-refractivity contribution in [1.29, 1.82) is 0 Å². The summed E-state index contributed by atoms with van der Waals surface area (Å²) in [4.78, 5) is 2.53. The van der Waals surface area contributed by atoms with Crippen LogP contribution in [-0.2, 0) is 0 Å². The summed E-state index contributed by atoms with van der Waals surface area (Å²) in [5.74, 6) is 0. The highest BCUT2D eigenvalue weighted by atomic mass is 35.5. The van der Waals surface area contributed by atoms with Crippen molar-refractivity contribution >= 4 is 36.4 Å². The molecule has 5 heteroatoms. The Bertz CT molecular complexity index is 341. The van der Waals surface area contributed by atoms with Gasteiger partial charge in [-0.1, -0.05) is 36.7 Å². The fraction of sp³-hybridized carbons (Fsp3) is 0.538. The molecule has 0 saturated carbocycles. The Hall–Kier alpha value is 0.01000. The number of piperazine rings is 1. The molecule has 1 fully saturated rings. The number of nitrogens with one attached hydrogen (secondary N) is 1. The molecular weight excluding hydrogens is 291 g/mol. The van der Waals surface area contributed by atoms with Gasteiger partial charge in [0.25, 0.3) is 0 Å². The number of nitrogens with zero attached hydrogens (tertiary/aromatic N) is 1. The molecule has 1 aliphatic rings. The number of halogens is 3. The van der Waals surface area contributed by atoms with Gasteiger partial charge in [-0.3, -0.25) is 4.90 Å². The highest BCUT2D eigenvalue weighted by Gasteiger charge is 2.21. The van der Waals surface area contributed by atoms with Crippen LogP contribution < -0.4 is 5.32 Å². The lowest BCUT2D eigenvalue weighted by molar-refractivity contribution is 0.169. The van der Waals surface area contributed by atoms with Crippen LogP contribution in [0.5, 0.6) is 0 Å². The minimum atomic E-state index is 0. The monoisotopic (exact) mass is 310 g/mol. The third-order valence-corrected chi connectivity index (χ3v) is 3.59. The molecule has 0 bridgehead atoms. The molecule has 1 atom stereocenters. The maximum absolute atomic E-state index is 6.27. The first kappa shape index (κ1) is 18.0. The van der Waals surface area contributed by atoms with Crippen LogP contribution in [0.2, 0.25) is 5.02 Å². The zero-order valence-electron chi connectivity index (χ0n) is 10.6. The van der Waals surface area contributed by atoms with Crippen molar-refractivity contribution in [3.63, 3.8) is 0 Å². The predicted octanol–water partition coefficient (Wildman–Crippen LogP) is 3.54. The van der Waals surface area contributed by atoms with Gasteiger partial charge >= 0.3 is 0 Å². The van der Waals surface area contributed by atoms with E-state index in [1.807, 2.05) is 12.1 Å². The summed E-state index contributed by atoms with van der Waals surface area (Å²) in [7, 11) is 0. The van der Waals surface area contributed by atoms with E-state index in [-0.39, 0.29) is 24.8 Å². The molecule has 1 saturated heterocycles. The molecule has 0 aliphatic carbocycles. The van der Waals surface area contributed by atoms with Crippen LogP contribution in [0.15, 0.2) is 24.3 Å². The van der Waals surface area contributed by atoms with E-state index in [1.54, 1.807) is 0 Å². The zero-order valence-corrected chi connectivity index (χ0v) is 13.0. The third-order valence-electron chi connectivity index (χ3n) is 3.24. The highest BCUT2D eigenvalue weighted by Crippen LogP contribution is 2.29. The summed E-state index contributed by atoms with van der Waals surface area (Å²) in [5.41, 5.74) is 1.27. The summed E-state index contributed by atoms with van der Waals surface area (Å²) in [6, 6.07) is 8.68. The van der Waals surface area contributed by atoms with E-state index in [0.717, 1.165) is 37.6 Å². The first-order valence-corrected chi connectivity index (χ1v) is 6.40. The van der Waals surface area contributed by atoms with Crippen molar-refractivity contribution < 1.29 is 0 Å². The topological polar surface area (TPSA) is 15.3 Å². The van der Waals surface area contributed by atoms with E-state index in [0.29, 0.717) is 6.04 Å². The Morgan fingerprint density at radius 3 is 2.39 bits per heavy atom. The number of hydrogen-bond donors (Lipinski definition) is 1. The van der Waals surface area contributed by atoms with Crippen LogP contribution in [0.4, 0.5) is 0 Å². The summed E-state index contributed by atoms with van der Waals surface area (Å²) < 4.78 is 0. The fourth-order valence-electron chi connectivity index (χ4n) is 2.41. The second-order valence-corrected chi connectivity index (χ2v) is 4.64. The minimum Gasteiger partial charge on any atom is -0.314 e. The van der Waals surface area contributed by atoms with Crippen molar-refractivity contribution in [3.05, 3.63) is 34.9 Å².